The molecule has 0 aromatic carbocycles. The molecule has 2 aliphatic rings. The van der Waals surface area contributed by atoms with Crippen LogP contribution < -0.4 is 0 Å². The van der Waals surface area contributed by atoms with Crippen LogP contribution in [0, 0.1) is 17.8 Å². The van der Waals surface area contributed by atoms with Crippen LogP contribution in [-0.2, 0) is 0 Å². The lowest BCUT2D eigenvalue weighted by Gasteiger charge is -2.58. The summed E-state index contributed by atoms with van der Waals surface area (Å²) in [5, 5.41) is 0. The van der Waals surface area contributed by atoms with Gasteiger partial charge < -0.3 is 0 Å². The topological polar surface area (TPSA) is 0 Å². The van der Waals surface area contributed by atoms with Crippen molar-refractivity contribution in [3.8, 4) is 0 Å². The number of hydrogen-bond acceptors (Lipinski definition) is 0. The molecular weight excluding hydrogens is 96.1 g/mol. The van der Waals surface area contributed by atoms with Crippen LogP contribution >= 0.6 is 0 Å². The number of rotatable bonds is 1. The van der Waals surface area contributed by atoms with E-state index < -0.39 is 0 Å². The fourth-order valence-corrected chi connectivity index (χ4v) is 2.23. The summed E-state index contributed by atoms with van der Waals surface area (Å²) >= 11 is 0. The Morgan fingerprint density at radius 1 is 1.38 bits per heavy atom. The maximum Gasteiger partial charge on any atom is -0.0241 e. The summed E-state index contributed by atoms with van der Waals surface area (Å²) in [6.07, 6.45) is 8.46. The zero-order chi connectivity index (χ0) is 5.61. The molecule has 0 bridgehead atoms. The monoisotopic (exact) mass is 109 g/mol. The average molecular weight is 109 g/mol. The van der Waals surface area contributed by atoms with Gasteiger partial charge in [0.05, 0.1) is 0 Å². The molecule has 1 radical (unpaired) electrons. The smallest absolute Gasteiger partial charge is 0.0241 e. The second kappa shape index (κ2) is 1.29. The summed E-state index contributed by atoms with van der Waals surface area (Å²) in [5.41, 5.74) is 0.778. The minimum atomic E-state index is 0.778. The predicted molar refractivity (Wildman–Crippen MR) is 34.4 cm³/mol. The van der Waals surface area contributed by atoms with Crippen LogP contribution in [0.1, 0.15) is 32.6 Å². The summed E-state index contributed by atoms with van der Waals surface area (Å²) in [5.74, 6) is 1.12. The van der Waals surface area contributed by atoms with Gasteiger partial charge in [0, 0.05) is 0 Å². The Hall–Kier alpha value is 0. The van der Waals surface area contributed by atoms with Crippen LogP contribution in [0.2, 0.25) is 0 Å². The minimum Gasteiger partial charge on any atom is -0.0617 e. The highest BCUT2D eigenvalue weighted by Crippen LogP contribution is 2.62. The Morgan fingerprint density at radius 2 is 2.00 bits per heavy atom. The molecule has 0 heteroatoms. The molecule has 2 rings (SSSR count). The van der Waals surface area contributed by atoms with E-state index in [0.29, 0.717) is 0 Å². The molecule has 0 aromatic heterocycles. The molecule has 2 saturated carbocycles. The van der Waals surface area contributed by atoms with Crippen molar-refractivity contribution in [3.63, 3.8) is 0 Å². The Balaban J connectivity index is 2.05. The van der Waals surface area contributed by atoms with Gasteiger partial charge in [-0.1, -0.05) is 6.92 Å². The first-order valence-electron chi connectivity index (χ1n) is 3.68. The molecular formula is C8H13. The SMILES string of the molecule is C[CH]C12CCC1CC2. The van der Waals surface area contributed by atoms with Crippen molar-refractivity contribution in [2.45, 2.75) is 32.6 Å². The summed E-state index contributed by atoms with van der Waals surface area (Å²) < 4.78 is 0. The molecule has 0 aliphatic heterocycles. The van der Waals surface area contributed by atoms with Gasteiger partial charge in [-0.15, -0.1) is 0 Å². The van der Waals surface area contributed by atoms with E-state index in [9.17, 15) is 0 Å². The van der Waals surface area contributed by atoms with E-state index >= 15 is 0 Å². The van der Waals surface area contributed by atoms with Crippen molar-refractivity contribution in [1.82, 2.24) is 0 Å². The minimum absolute atomic E-state index is 0.778. The molecule has 45 valence electrons. The standard InChI is InChI=1S/C8H13/c1-2-8-5-3-7(8)4-6-8/h2,7H,3-6H2,1H3. The van der Waals surface area contributed by atoms with Crippen molar-refractivity contribution in [1.29, 1.82) is 0 Å². The van der Waals surface area contributed by atoms with Crippen LogP contribution in [0.25, 0.3) is 0 Å². The highest BCUT2D eigenvalue weighted by Gasteiger charge is 2.51. The van der Waals surface area contributed by atoms with Gasteiger partial charge >= 0.3 is 0 Å². The molecule has 0 saturated heterocycles. The van der Waals surface area contributed by atoms with Gasteiger partial charge in [-0.05, 0) is 43.4 Å². The van der Waals surface area contributed by atoms with Gasteiger partial charge in [-0.2, -0.15) is 0 Å². The molecule has 8 heavy (non-hydrogen) atoms. The highest BCUT2D eigenvalue weighted by atomic mass is 14.6. The first-order valence-corrected chi connectivity index (χ1v) is 3.68. The van der Waals surface area contributed by atoms with E-state index in [1.165, 1.54) is 25.7 Å². The quantitative estimate of drug-likeness (QED) is 0.485. The van der Waals surface area contributed by atoms with Crippen molar-refractivity contribution >= 4 is 0 Å². The van der Waals surface area contributed by atoms with Gasteiger partial charge in [0.15, 0.2) is 0 Å². The lowest BCUT2D eigenvalue weighted by atomic mass is 9.47. The summed E-state index contributed by atoms with van der Waals surface area (Å²) in [6, 6.07) is 0. The predicted octanol–water partition coefficient (Wildman–Crippen LogP) is 2.40. The van der Waals surface area contributed by atoms with Crippen molar-refractivity contribution < 1.29 is 0 Å². The molecule has 0 amide bonds. The highest BCUT2D eigenvalue weighted by molar-refractivity contribution is 5.09. The fraction of sp³-hybridized carbons (Fsp3) is 0.875. The van der Waals surface area contributed by atoms with Crippen LogP contribution in [0.4, 0.5) is 0 Å². The van der Waals surface area contributed by atoms with Gasteiger partial charge in [0.2, 0.25) is 0 Å². The zero-order valence-corrected chi connectivity index (χ0v) is 5.48. The molecule has 0 aromatic rings. The zero-order valence-electron chi connectivity index (χ0n) is 5.48. The molecule has 0 heterocycles. The molecule has 0 atom stereocenters. The van der Waals surface area contributed by atoms with E-state index in [1.807, 2.05) is 0 Å². The summed E-state index contributed by atoms with van der Waals surface area (Å²) in [6.45, 7) is 2.23. The van der Waals surface area contributed by atoms with Gasteiger partial charge in [0.25, 0.3) is 0 Å². The van der Waals surface area contributed by atoms with Crippen LogP contribution in [0.15, 0.2) is 0 Å². The number of hydrogen-bond donors (Lipinski definition) is 0. The lowest BCUT2D eigenvalue weighted by Crippen LogP contribution is -2.48. The van der Waals surface area contributed by atoms with E-state index in [-0.39, 0.29) is 0 Å². The molecule has 2 aliphatic carbocycles. The summed E-state index contributed by atoms with van der Waals surface area (Å²) in [4.78, 5) is 0. The third kappa shape index (κ3) is 0.340. The Morgan fingerprint density at radius 3 is 2.00 bits per heavy atom. The molecule has 0 nitrogen and oxygen atoms in total. The molecule has 0 N–H and O–H groups in total. The Bertz CT molecular complexity index is 91.1. The van der Waals surface area contributed by atoms with Crippen LogP contribution in [-0.4, -0.2) is 0 Å². The Labute approximate surface area is 51.3 Å². The molecule has 0 spiro atoms. The average Bonchev–Trinajstić information content (AvgIpc) is 1.78. The maximum atomic E-state index is 2.44. The third-order valence-corrected chi connectivity index (χ3v) is 3.30. The largest absolute Gasteiger partial charge is 0.0617 e. The van der Waals surface area contributed by atoms with Crippen molar-refractivity contribution in [2.75, 3.05) is 0 Å². The van der Waals surface area contributed by atoms with Gasteiger partial charge in [0.1, 0.15) is 0 Å². The lowest BCUT2D eigenvalue weighted by molar-refractivity contribution is -0.0422. The molecule has 2 fully saturated rings. The van der Waals surface area contributed by atoms with Crippen molar-refractivity contribution in [2.24, 2.45) is 11.3 Å². The second-order valence-electron chi connectivity index (χ2n) is 3.30. The van der Waals surface area contributed by atoms with Gasteiger partial charge in [-0.25, -0.2) is 0 Å². The first-order chi connectivity index (χ1) is 3.87. The van der Waals surface area contributed by atoms with Crippen LogP contribution in [0.3, 0.4) is 0 Å². The fourth-order valence-electron chi connectivity index (χ4n) is 2.23. The van der Waals surface area contributed by atoms with E-state index in [0.717, 1.165) is 11.3 Å². The van der Waals surface area contributed by atoms with Crippen LogP contribution in [0.5, 0.6) is 0 Å². The van der Waals surface area contributed by atoms with E-state index in [2.05, 4.69) is 13.3 Å². The second-order valence-corrected chi connectivity index (χ2v) is 3.30. The normalized spacial score (nSPS) is 51.4. The first kappa shape index (κ1) is 4.84. The third-order valence-electron chi connectivity index (χ3n) is 3.30. The number of fused-ring (bicyclic) bond motifs is 1. The van der Waals surface area contributed by atoms with E-state index in [4.69, 9.17) is 0 Å². The maximum absolute atomic E-state index is 2.44. The van der Waals surface area contributed by atoms with Gasteiger partial charge in [-0.3, -0.25) is 0 Å². The van der Waals surface area contributed by atoms with E-state index in [1.54, 1.807) is 0 Å². The Kier molecular flexibility index (Phi) is 0.778. The molecule has 0 unspecified atom stereocenters. The van der Waals surface area contributed by atoms with Crippen molar-refractivity contribution in [3.05, 3.63) is 6.42 Å². The summed E-state index contributed by atoms with van der Waals surface area (Å²) in [7, 11) is 0.